The van der Waals surface area contributed by atoms with Gasteiger partial charge in [-0.1, -0.05) is 28.1 Å². The highest BCUT2D eigenvalue weighted by Crippen LogP contribution is 2.17. The van der Waals surface area contributed by atoms with Crippen LogP contribution in [0.5, 0.6) is 0 Å². The van der Waals surface area contributed by atoms with E-state index in [0.717, 1.165) is 10.0 Å². The van der Waals surface area contributed by atoms with Crippen LogP contribution >= 0.6 is 15.9 Å². The minimum atomic E-state index is 0.0863. The minimum absolute atomic E-state index is 0.0863. The van der Waals surface area contributed by atoms with Crippen molar-refractivity contribution in [1.82, 2.24) is 10.2 Å². The van der Waals surface area contributed by atoms with Crippen molar-refractivity contribution < 1.29 is 4.79 Å². The Morgan fingerprint density at radius 1 is 1.44 bits per heavy atom. The molecule has 0 unspecified atom stereocenters. The van der Waals surface area contributed by atoms with E-state index in [2.05, 4.69) is 46.4 Å². The molecule has 3 nitrogen and oxygen atoms in total. The third-order valence-corrected chi connectivity index (χ3v) is 3.04. The average Bonchev–Trinajstić information content (AvgIpc) is 2.20. The van der Waals surface area contributed by atoms with E-state index in [9.17, 15) is 4.79 Å². The van der Waals surface area contributed by atoms with E-state index >= 15 is 0 Å². The topological polar surface area (TPSA) is 32.3 Å². The van der Waals surface area contributed by atoms with Crippen molar-refractivity contribution >= 4 is 21.8 Å². The van der Waals surface area contributed by atoms with Gasteiger partial charge in [-0.25, -0.2) is 0 Å². The Hall–Kier alpha value is -0.870. The Labute approximate surface area is 105 Å². The van der Waals surface area contributed by atoms with Gasteiger partial charge >= 0.3 is 0 Å². The Morgan fingerprint density at radius 2 is 2.12 bits per heavy atom. The van der Waals surface area contributed by atoms with E-state index < -0.39 is 0 Å². The number of halogens is 1. The molecule has 1 aromatic carbocycles. The number of aryl methyl sites for hydroxylation is 1. The first-order valence-electron chi connectivity index (χ1n) is 5.16. The predicted molar refractivity (Wildman–Crippen MR) is 69.3 cm³/mol. The number of nitrogens with one attached hydrogen (secondary N) is 1. The van der Waals surface area contributed by atoms with Crippen LogP contribution in [-0.2, 0) is 11.3 Å². The SMILES string of the molecule is Cc1ccc(CNCC(=O)N(C)C)c(Br)c1. The van der Waals surface area contributed by atoms with Crippen molar-refractivity contribution in [2.75, 3.05) is 20.6 Å². The number of amides is 1. The highest BCUT2D eigenvalue weighted by Gasteiger charge is 2.04. The second-order valence-corrected chi connectivity index (χ2v) is 4.84. The van der Waals surface area contributed by atoms with Crippen molar-refractivity contribution in [2.24, 2.45) is 0 Å². The van der Waals surface area contributed by atoms with Crippen LogP contribution in [-0.4, -0.2) is 31.4 Å². The zero-order valence-corrected chi connectivity index (χ0v) is 11.5. The van der Waals surface area contributed by atoms with E-state index in [4.69, 9.17) is 0 Å². The summed E-state index contributed by atoms with van der Waals surface area (Å²) in [7, 11) is 3.51. The van der Waals surface area contributed by atoms with E-state index in [-0.39, 0.29) is 5.91 Å². The van der Waals surface area contributed by atoms with E-state index in [0.29, 0.717) is 13.1 Å². The van der Waals surface area contributed by atoms with Crippen LogP contribution in [0.15, 0.2) is 22.7 Å². The maximum atomic E-state index is 11.3. The molecule has 0 saturated heterocycles. The van der Waals surface area contributed by atoms with Crippen molar-refractivity contribution in [3.63, 3.8) is 0 Å². The summed E-state index contributed by atoms with van der Waals surface area (Å²) in [4.78, 5) is 12.9. The van der Waals surface area contributed by atoms with Crippen LogP contribution in [0.4, 0.5) is 0 Å². The average molecular weight is 285 g/mol. The molecule has 0 radical (unpaired) electrons. The molecule has 0 fully saturated rings. The number of carbonyl (C=O) groups is 1. The van der Waals surface area contributed by atoms with Gasteiger partial charge in [0.1, 0.15) is 0 Å². The lowest BCUT2D eigenvalue weighted by molar-refractivity contribution is -0.127. The summed E-state index contributed by atoms with van der Waals surface area (Å²) in [6, 6.07) is 6.20. The summed E-state index contributed by atoms with van der Waals surface area (Å²) in [5, 5.41) is 3.12. The summed E-state index contributed by atoms with van der Waals surface area (Å²) in [5.74, 6) is 0.0863. The molecule has 0 atom stereocenters. The van der Waals surface area contributed by atoms with Crippen LogP contribution in [0.3, 0.4) is 0 Å². The zero-order chi connectivity index (χ0) is 12.1. The van der Waals surface area contributed by atoms with Gasteiger partial charge in [0.25, 0.3) is 0 Å². The molecule has 0 bridgehead atoms. The van der Waals surface area contributed by atoms with Crippen LogP contribution in [0.1, 0.15) is 11.1 Å². The van der Waals surface area contributed by atoms with Crippen molar-refractivity contribution in [2.45, 2.75) is 13.5 Å². The standard InChI is InChI=1S/C12H17BrN2O/c1-9-4-5-10(11(13)6-9)7-14-8-12(16)15(2)3/h4-6,14H,7-8H2,1-3H3. The summed E-state index contributed by atoms with van der Waals surface area (Å²) >= 11 is 3.51. The molecule has 1 rings (SSSR count). The lowest BCUT2D eigenvalue weighted by atomic mass is 10.1. The summed E-state index contributed by atoms with van der Waals surface area (Å²) in [6.45, 7) is 3.12. The molecule has 0 heterocycles. The van der Waals surface area contributed by atoms with Gasteiger partial charge in [0.15, 0.2) is 0 Å². The molecule has 0 aliphatic carbocycles. The summed E-state index contributed by atoms with van der Waals surface area (Å²) < 4.78 is 1.08. The van der Waals surface area contributed by atoms with Crippen LogP contribution in [0, 0.1) is 6.92 Å². The smallest absolute Gasteiger partial charge is 0.236 e. The fraction of sp³-hybridized carbons (Fsp3) is 0.417. The normalized spacial score (nSPS) is 10.2. The Morgan fingerprint density at radius 3 is 2.69 bits per heavy atom. The first kappa shape index (κ1) is 13.2. The number of likely N-dealkylation sites (N-methyl/N-ethyl adjacent to an activating group) is 1. The van der Waals surface area contributed by atoms with Crippen molar-refractivity contribution in [3.8, 4) is 0 Å². The number of benzene rings is 1. The molecule has 4 heteroatoms. The van der Waals surface area contributed by atoms with Gasteiger partial charge in [-0.2, -0.15) is 0 Å². The molecule has 0 aliphatic heterocycles. The number of rotatable bonds is 4. The molecule has 0 aromatic heterocycles. The molecular weight excluding hydrogens is 268 g/mol. The van der Waals surface area contributed by atoms with Crippen LogP contribution in [0.2, 0.25) is 0 Å². The molecule has 1 aromatic rings. The van der Waals surface area contributed by atoms with Gasteiger partial charge in [0.05, 0.1) is 6.54 Å². The van der Waals surface area contributed by atoms with Crippen molar-refractivity contribution in [3.05, 3.63) is 33.8 Å². The highest BCUT2D eigenvalue weighted by atomic mass is 79.9. The summed E-state index contributed by atoms with van der Waals surface area (Å²) in [6.07, 6.45) is 0. The summed E-state index contributed by atoms with van der Waals surface area (Å²) in [5.41, 5.74) is 2.39. The predicted octanol–water partition coefficient (Wildman–Crippen LogP) is 1.94. The zero-order valence-electron chi connectivity index (χ0n) is 9.88. The maximum Gasteiger partial charge on any atom is 0.236 e. The molecule has 0 saturated carbocycles. The minimum Gasteiger partial charge on any atom is -0.348 e. The molecule has 88 valence electrons. The fourth-order valence-corrected chi connectivity index (χ4v) is 1.89. The Kier molecular flexibility index (Phi) is 4.96. The molecule has 0 spiro atoms. The van der Waals surface area contributed by atoms with Gasteiger partial charge in [-0.15, -0.1) is 0 Å². The van der Waals surface area contributed by atoms with Crippen LogP contribution < -0.4 is 5.32 Å². The monoisotopic (exact) mass is 284 g/mol. The largest absolute Gasteiger partial charge is 0.348 e. The number of carbonyl (C=O) groups excluding carboxylic acids is 1. The maximum absolute atomic E-state index is 11.3. The van der Waals surface area contributed by atoms with Crippen molar-refractivity contribution in [1.29, 1.82) is 0 Å². The lowest BCUT2D eigenvalue weighted by Gasteiger charge is -2.11. The Bertz CT molecular complexity index is 377. The molecule has 0 aliphatic rings. The molecule has 16 heavy (non-hydrogen) atoms. The second kappa shape index (κ2) is 6.01. The molecule has 1 N–H and O–H groups in total. The highest BCUT2D eigenvalue weighted by molar-refractivity contribution is 9.10. The number of hydrogen-bond donors (Lipinski definition) is 1. The third-order valence-electron chi connectivity index (χ3n) is 2.30. The Balaban J connectivity index is 2.46. The quantitative estimate of drug-likeness (QED) is 0.917. The fourth-order valence-electron chi connectivity index (χ4n) is 1.26. The van der Waals surface area contributed by atoms with Crippen LogP contribution in [0.25, 0.3) is 0 Å². The van der Waals surface area contributed by atoms with Gasteiger partial charge in [-0.05, 0) is 24.1 Å². The van der Waals surface area contributed by atoms with E-state index in [1.807, 2.05) is 0 Å². The van der Waals surface area contributed by atoms with E-state index in [1.54, 1.807) is 19.0 Å². The number of nitrogens with zero attached hydrogens (tertiary/aromatic N) is 1. The third kappa shape index (κ3) is 3.94. The van der Waals surface area contributed by atoms with E-state index in [1.165, 1.54) is 5.56 Å². The first-order valence-corrected chi connectivity index (χ1v) is 5.96. The first-order chi connectivity index (χ1) is 7.50. The van der Waals surface area contributed by atoms with Gasteiger partial charge in [0.2, 0.25) is 5.91 Å². The molecular formula is C12H17BrN2O. The van der Waals surface area contributed by atoms with Gasteiger partial charge in [-0.3, -0.25) is 4.79 Å². The van der Waals surface area contributed by atoms with Gasteiger partial charge in [0, 0.05) is 25.1 Å². The lowest BCUT2D eigenvalue weighted by Crippen LogP contribution is -2.32. The van der Waals surface area contributed by atoms with Gasteiger partial charge < -0.3 is 10.2 Å². The molecule has 1 amide bonds. The number of hydrogen-bond acceptors (Lipinski definition) is 2. The second-order valence-electron chi connectivity index (χ2n) is 3.99.